The number of aliphatic imine (C=N–C) groups is 1. The summed E-state index contributed by atoms with van der Waals surface area (Å²) in [5.74, 6) is -0.653. The van der Waals surface area contributed by atoms with Crippen molar-refractivity contribution in [1.82, 2.24) is 4.57 Å². The van der Waals surface area contributed by atoms with Crippen molar-refractivity contribution in [2.75, 3.05) is 0 Å². The lowest BCUT2D eigenvalue weighted by molar-refractivity contribution is 0.0958. The summed E-state index contributed by atoms with van der Waals surface area (Å²) in [6.45, 7) is 2.41. The average molecular weight is 270 g/mol. The topological polar surface area (TPSA) is 103 Å². The maximum Gasteiger partial charge on any atom is 0.296 e. The summed E-state index contributed by atoms with van der Waals surface area (Å²) >= 11 is 0. The van der Waals surface area contributed by atoms with Gasteiger partial charge in [-0.25, -0.2) is 0 Å². The van der Waals surface area contributed by atoms with E-state index in [1.807, 2.05) is 23.6 Å². The van der Waals surface area contributed by atoms with Crippen LogP contribution in [0.2, 0.25) is 0 Å². The molecule has 0 spiro atoms. The van der Waals surface area contributed by atoms with Crippen LogP contribution in [-0.2, 0) is 6.54 Å². The Hall–Kier alpha value is -2.63. The van der Waals surface area contributed by atoms with Gasteiger partial charge in [-0.3, -0.25) is 9.59 Å². The Kier molecular flexibility index (Phi) is 2.60. The fraction of sp³-hybridized carbons (Fsp3) is 0.214. The lowest BCUT2D eigenvalue weighted by Gasteiger charge is -2.16. The van der Waals surface area contributed by atoms with E-state index in [0.29, 0.717) is 24.2 Å². The normalized spacial score (nSPS) is 13.6. The highest BCUT2D eigenvalue weighted by molar-refractivity contribution is 6.12. The minimum atomic E-state index is -0.485. The van der Waals surface area contributed by atoms with Crippen LogP contribution in [0.5, 0.6) is 0 Å². The minimum Gasteiger partial charge on any atom is -0.370 e. The first-order chi connectivity index (χ1) is 9.49. The van der Waals surface area contributed by atoms with Gasteiger partial charge in [0.1, 0.15) is 5.69 Å². The number of nitrogens with zero attached hydrogens (tertiary/aromatic N) is 2. The summed E-state index contributed by atoms with van der Waals surface area (Å²) in [6.07, 6.45) is 0.377. The van der Waals surface area contributed by atoms with Crippen LogP contribution in [0.4, 0.5) is 0 Å². The Morgan fingerprint density at radius 2 is 2.10 bits per heavy atom. The molecule has 1 aromatic carbocycles. The van der Waals surface area contributed by atoms with Gasteiger partial charge in [0.2, 0.25) is 0 Å². The van der Waals surface area contributed by atoms with Crippen molar-refractivity contribution in [1.29, 1.82) is 0 Å². The van der Waals surface area contributed by atoms with Crippen LogP contribution in [0.3, 0.4) is 0 Å². The molecule has 2 heterocycles. The first kappa shape index (κ1) is 12.4. The maximum absolute atomic E-state index is 12.1. The van der Waals surface area contributed by atoms with Crippen LogP contribution in [0.1, 0.15) is 32.8 Å². The van der Waals surface area contributed by atoms with Crippen molar-refractivity contribution in [2.24, 2.45) is 16.5 Å². The van der Waals surface area contributed by atoms with Gasteiger partial charge in [0, 0.05) is 23.9 Å². The quantitative estimate of drug-likeness (QED) is 0.594. The van der Waals surface area contributed by atoms with E-state index in [1.165, 1.54) is 0 Å². The van der Waals surface area contributed by atoms with Crippen molar-refractivity contribution < 1.29 is 9.59 Å². The molecule has 0 saturated heterocycles. The highest BCUT2D eigenvalue weighted by atomic mass is 16.1. The van der Waals surface area contributed by atoms with E-state index in [4.69, 9.17) is 11.5 Å². The molecule has 0 saturated carbocycles. The van der Waals surface area contributed by atoms with Gasteiger partial charge in [0.25, 0.3) is 5.91 Å². The SMILES string of the molecule is Cc1ccc2c3c1cc(C(=O)N=C(N)N)n3CCC2=O. The van der Waals surface area contributed by atoms with E-state index in [1.54, 1.807) is 6.07 Å². The molecule has 1 aromatic heterocycles. The lowest BCUT2D eigenvalue weighted by Crippen LogP contribution is -2.25. The van der Waals surface area contributed by atoms with Gasteiger partial charge < -0.3 is 16.0 Å². The highest BCUT2D eigenvalue weighted by Gasteiger charge is 2.25. The molecule has 6 heteroatoms. The van der Waals surface area contributed by atoms with Crippen LogP contribution in [0.15, 0.2) is 23.2 Å². The third-order valence-electron chi connectivity index (χ3n) is 3.59. The fourth-order valence-corrected chi connectivity index (χ4v) is 2.67. The van der Waals surface area contributed by atoms with Crippen molar-refractivity contribution in [2.45, 2.75) is 19.9 Å². The van der Waals surface area contributed by atoms with Crippen LogP contribution in [0, 0.1) is 6.92 Å². The molecule has 1 aliphatic rings. The van der Waals surface area contributed by atoms with Crippen molar-refractivity contribution in [3.8, 4) is 0 Å². The second kappa shape index (κ2) is 4.19. The van der Waals surface area contributed by atoms with Gasteiger partial charge >= 0.3 is 0 Å². The summed E-state index contributed by atoms with van der Waals surface area (Å²) in [4.78, 5) is 27.6. The van der Waals surface area contributed by atoms with Crippen LogP contribution in [-0.4, -0.2) is 22.2 Å². The van der Waals surface area contributed by atoms with Gasteiger partial charge in [-0.1, -0.05) is 6.07 Å². The zero-order chi connectivity index (χ0) is 14.4. The van der Waals surface area contributed by atoms with Gasteiger partial charge in [0.15, 0.2) is 11.7 Å². The van der Waals surface area contributed by atoms with E-state index in [2.05, 4.69) is 4.99 Å². The van der Waals surface area contributed by atoms with Crippen LogP contribution >= 0.6 is 0 Å². The van der Waals surface area contributed by atoms with Gasteiger partial charge in [-0.15, -0.1) is 0 Å². The molecule has 6 nitrogen and oxygen atoms in total. The second-order valence-corrected chi connectivity index (χ2v) is 4.89. The molecule has 0 fully saturated rings. The van der Waals surface area contributed by atoms with Gasteiger partial charge in [-0.2, -0.15) is 4.99 Å². The molecule has 1 amide bonds. The maximum atomic E-state index is 12.1. The van der Waals surface area contributed by atoms with E-state index in [9.17, 15) is 9.59 Å². The molecule has 0 aliphatic carbocycles. The molecule has 0 unspecified atom stereocenters. The number of hydrogen-bond acceptors (Lipinski definition) is 2. The molecule has 0 bridgehead atoms. The summed E-state index contributed by atoms with van der Waals surface area (Å²) in [7, 11) is 0. The van der Waals surface area contributed by atoms with Crippen molar-refractivity contribution in [3.05, 3.63) is 35.0 Å². The number of Topliss-reactive ketones (excluding diaryl/α,β-unsaturated/α-hetero) is 1. The second-order valence-electron chi connectivity index (χ2n) is 4.89. The average Bonchev–Trinajstić information content (AvgIpc) is 2.76. The summed E-state index contributed by atoms with van der Waals surface area (Å²) in [5, 5.41) is 0.893. The Labute approximate surface area is 115 Å². The Morgan fingerprint density at radius 1 is 1.35 bits per heavy atom. The van der Waals surface area contributed by atoms with Gasteiger partial charge in [-0.05, 0) is 24.6 Å². The van der Waals surface area contributed by atoms with E-state index in [0.717, 1.165) is 16.5 Å². The number of carbonyl (C=O) groups is 2. The number of ketones is 1. The number of amides is 1. The van der Waals surface area contributed by atoms with E-state index < -0.39 is 5.91 Å². The molecule has 102 valence electrons. The Balaban J connectivity index is 2.33. The molecular weight excluding hydrogens is 256 g/mol. The number of guanidine groups is 1. The number of rotatable bonds is 1. The number of aryl methyl sites for hydroxylation is 2. The predicted molar refractivity (Wildman–Crippen MR) is 75.8 cm³/mol. The third kappa shape index (κ3) is 1.69. The van der Waals surface area contributed by atoms with E-state index in [-0.39, 0.29) is 11.7 Å². The number of hydrogen-bond donors (Lipinski definition) is 2. The standard InChI is InChI=1S/C14H14N4O2/c1-7-2-3-8-11(19)4-5-18-10(6-9(7)12(8)18)13(20)17-14(15)16/h2-3,6H,4-5H2,1H3,(H4,15,16,17,20). The molecule has 0 radical (unpaired) electrons. The van der Waals surface area contributed by atoms with Crippen LogP contribution in [0.25, 0.3) is 10.9 Å². The third-order valence-corrected chi connectivity index (χ3v) is 3.59. The first-order valence-electron chi connectivity index (χ1n) is 6.29. The zero-order valence-electron chi connectivity index (χ0n) is 11.0. The largest absolute Gasteiger partial charge is 0.370 e. The predicted octanol–water partition coefficient (Wildman–Crippen LogP) is 0.950. The molecule has 0 atom stereocenters. The molecule has 20 heavy (non-hydrogen) atoms. The van der Waals surface area contributed by atoms with E-state index >= 15 is 0 Å². The number of carbonyl (C=O) groups excluding carboxylic acids is 2. The molecule has 3 rings (SSSR count). The zero-order valence-corrected chi connectivity index (χ0v) is 11.0. The van der Waals surface area contributed by atoms with Crippen LogP contribution < -0.4 is 11.5 Å². The molecular formula is C14H14N4O2. The number of benzene rings is 1. The Bertz CT molecular complexity index is 782. The minimum absolute atomic E-state index is 0.0986. The molecule has 2 aromatic rings. The van der Waals surface area contributed by atoms with Crippen molar-refractivity contribution in [3.63, 3.8) is 0 Å². The van der Waals surface area contributed by atoms with Gasteiger partial charge in [0.05, 0.1) is 5.52 Å². The smallest absolute Gasteiger partial charge is 0.296 e. The number of nitrogens with two attached hydrogens (primary N) is 2. The molecule has 1 aliphatic heterocycles. The monoisotopic (exact) mass is 270 g/mol. The fourth-order valence-electron chi connectivity index (χ4n) is 2.67. The Morgan fingerprint density at radius 3 is 2.80 bits per heavy atom. The summed E-state index contributed by atoms with van der Waals surface area (Å²) in [5.41, 5.74) is 13.4. The number of aromatic nitrogens is 1. The highest BCUT2D eigenvalue weighted by Crippen LogP contribution is 2.31. The lowest BCUT2D eigenvalue weighted by atomic mass is 10.00. The van der Waals surface area contributed by atoms with Crippen molar-refractivity contribution >= 4 is 28.6 Å². The first-order valence-corrected chi connectivity index (χ1v) is 6.29. The summed E-state index contributed by atoms with van der Waals surface area (Å²) in [6, 6.07) is 5.45. The molecule has 4 N–H and O–H groups in total. The summed E-state index contributed by atoms with van der Waals surface area (Å²) < 4.78 is 1.83.